The number of nitrogens with zero attached hydrogens (tertiary/aromatic N) is 1. The number of anilines is 1. The zero-order chi connectivity index (χ0) is 16.4. The molecular weight excluding hydrogens is 312 g/mol. The summed E-state index contributed by atoms with van der Waals surface area (Å²) in [6.07, 6.45) is 0. The predicted molar refractivity (Wildman–Crippen MR) is 89.0 cm³/mol. The van der Waals surface area contributed by atoms with Crippen LogP contribution >= 0.6 is 11.3 Å². The van der Waals surface area contributed by atoms with Crippen LogP contribution in [0.25, 0.3) is 10.8 Å². The molecule has 1 N–H and O–H groups in total. The molecule has 0 amide bonds. The fourth-order valence-electron chi connectivity index (χ4n) is 2.51. The third kappa shape index (κ3) is 2.98. The van der Waals surface area contributed by atoms with Crippen molar-refractivity contribution < 1.29 is 14.6 Å². The van der Waals surface area contributed by atoms with E-state index in [0.29, 0.717) is 17.4 Å². The summed E-state index contributed by atoms with van der Waals surface area (Å²) in [7, 11) is 1.63. The van der Waals surface area contributed by atoms with Gasteiger partial charge >= 0.3 is 0 Å². The van der Waals surface area contributed by atoms with Crippen molar-refractivity contribution in [1.82, 2.24) is 4.98 Å². The standard InChI is InChI=1S/C17H16N2O3S/c1-10-15(16(20)21)23-17(19-10)18-9-13-12-6-4-3-5-11(12)7-8-14(13)22-2/h3-8H,9H2,1-2H3,(H,18,19)(H,20,21)/p-1. The maximum absolute atomic E-state index is 11.0. The number of benzene rings is 2. The molecule has 1 heterocycles. The van der Waals surface area contributed by atoms with Gasteiger partial charge in [0.05, 0.1) is 23.7 Å². The van der Waals surface area contributed by atoms with Gasteiger partial charge in [-0.3, -0.25) is 0 Å². The minimum absolute atomic E-state index is 0.150. The highest BCUT2D eigenvalue weighted by Crippen LogP contribution is 2.29. The molecule has 0 atom stereocenters. The Hall–Kier alpha value is -2.60. The lowest BCUT2D eigenvalue weighted by molar-refractivity contribution is -0.254. The molecule has 0 saturated carbocycles. The molecule has 0 bridgehead atoms. The summed E-state index contributed by atoms with van der Waals surface area (Å²) >= 11 is 1.08. The van der Waals surface area contributed by atoms with Gasteiger partial charge in [-0.25, -0.2) is 4.98 Å². The molecule has 23 heavy (non-hydrogen) atoms. The fraction of sp³-hybridized carbons (Fsp3) is 0.176. The van der Waals surface area contributed by atoms with Crippen LogP contribution in [0.15, 0.2) is 36.4 Å². The van der Waals surface area contributed by atoms with Gasteiger partial charge in [-0.05, 0) is 23.8 Å². The minimum Gasteiger partial charge on any atom is -0.544 e. The second-order valence-corrected chi connectivity index (χ2v) is 6.04. The van der Waals surface area contributed by atoms with Crippen LogP contribution < -0.4 is 15.2 Å². The number of nitrogens with one attached hydrogen (secondary N) is 1. The number of carbonyl (C=O) groups excluding carboxylic acids is 1. The van der Waals surface area contributed by atoms with E-state index in [-0.39, 0.29) is 4.88 Å². The number of carboxylic acid groups (broad SMARTS) is 1. The smallest absolute Gasteiger partial charge is 0.183 e. The number of hydrogen-bond donors (Lipinski definition) is 1. The Morgan fingerprint density at radius 2 is 2.09 bits per heavy atom. The lowest BCUT2D eigenvalue weighted by Crippen LogP contribution is -2.21. The molecule has 0 aliphatic heterocycles. The largest absolute Gasteiger partial charge is 0.544 e. The van der Waals surface area contributed by atoms with E-state index in [1.54, 1.807) is 14.0 Å². The number of fused-ring (bicyclic) bond motifs is 1. The molecule has 2 aromatic carbocycles. The number of aromatic carboxylic acids is 1. The van der Waals surface area contributed by atoms with E-state index in [4.69, 9.17) is 4.74 Å². The molecule has 3 aromatic rings. The van der Waals surface area contributed by atoms with Crippen LogP contribution in [0.5, 0.6) is 5.75 Å². The number of ether oxygens (including phenoxy) is 1. The molecule has 0 spiro atoms. The molecule has 1 aromatic heterocycles. The first-order chi connectivity index (χ1) is 11.1. The van der Waals surface area contributed by atoms with Gasteiger partial charge in [0.25, 0.3) is 0 Å². The van der Waals surface area contributed by atoms with Gasteiger partial charge in [0.15, 0.2) is 5.13 Å². The summed E-state index contributed by atoms with van der Waals surface area (Å²) < 4.78 is 5.45. The van der Waals surface area contributed by atoms with Crippen molar-refractivity contribution in [2.24, 2.45) is 0 Å². The lowest BCUT2D eigenvalue weighted by Gasteiger charge is -2.12. The second-order valence-electron chi connectivity index (χ2n) is 5.04. The highest BCUT2D eigenvalue weighted by molar-refractivity contribution is 7.17. The number of carboxylic acids is 1. The van der Waals surface area contributed by atoms with Crippen LogP contribution in [0.3, 0.4) is 0 Å². The van der Waals surface area contributed by atoms with Crippen LogP contribution in [-0.4, -0.2) is 18.1 Å². The highest BCUT2D eigenvalue weighted by atomic mass is 32.1. The first kappa shape index (κ1) is 15.3. The van der Waals surface area contributed by atoms with Crippen molar-refractivity contribution in [2.45, 2.75) is 13.5 Å². The molecule has 0 aliphatic rings. The summed E-state index contributed by atoms with van der Waals surface area (Å²) in [6, 6.07) is 12.0. The monoisotopic (exact) mass is 327 g/mol. The molecule has 6 heteroatoms. The molecule has 0 fully saturated rings. The Kier molecular flexibility index (Phi) is 4.16. The molecule has 0 unspecified atom stereocenters. The second kappa shape index (κ2) is 6.26. The van der Waals surface area contributed by atoms with Gasteiger partial charge in [0.2, 0.25) is 0 Å². The molecule has 5 nitrogen and oxygen atoms in total. The Morgan fingerprint density at radius 3 is 2.78 bits per heavy atom. The average molecular weight is 327 g/mol. The summed E-state index contributed by atoms with van der Waals surface area (Å²) in [5, 5.41) is 16.9. The molecule has 0 saturated heterocycles. The lowest BCUT2D eigenvalue weighted by atomic mass is 10.0. The number of aromatic nitrogens is 1. The maximum atomic E-state index is 11.0. The first-order valence-corrected chi connectivity index (χ1v) is 7.89. The van der Waals surface area contributed by atoms with Crippen molar-refractivity contribution in [3.63, 3.8) is 0 Å². The van der Waals surface area contributed by atoms with Crippen molar-refractivity contribution in [3.05, 3.63) is 52.5 Å². The topological polar surface area (TPSA) is 74.3 Å². The van der Waals surface area contributed by atoms with E-state index in [1.807, 2.05) is 36.4 Å². The van der Waals surface area contributed by atoms with E-state index in [1.165, 1.54) is 0 Å². The van der Waals surface area contributed by atoms with E-state index in [9.17, 15) is 9.90 Å². The number of carbonyl (C=O) groups is 1. The Bertz CT molecular complexity index is 873. The maximum Gasteiger partial charge on any atom is 0.183 e. The molecule has 0 radical (unpaired) electrons. The van der Waals surface area contributed by atoms with Crippen molar-refractivity contribution in [1.29, 1.82) is 0 Å². The van der Waals surface area contributed by atoms with Crippen molar-refractivity contribution >= 4 is 33.2 Å². The van der Waals surface area contributed by atoms with Crippen LogP contribution in [0.2, 0.25) is 0 Å². The Morgan fingerprint density at radius 1 is 1.30 bits per heavy atom. The van der Waals surface area contributed by atoms with Gasteiger partial charge in [0.1, 0.15) is 5.75 Å². The van der Waals surface area contributed by atoms with Crippen molar-refractivity contribution in [2.75, 3.05) is 12.4 Å². The zero-order valence-corrected chi connectivity index (χ0v) is 13.6. The van der Waals surface area contributed by atoms with Crippen LogP contribution in [0, 0.1) is 6.92 Å². The number of rotatable bonds is 5. The number of hydrogen-bond acceptors (Lipinski definition) is 6. The number of aryl methyl sites for hydroxylation is 1. The minimum atomic E-state index is -1.20. The quantitative estimate of drug-likeness (QED) is 0.779. The SMILES string of the molecule is COc1ccc2ccccc2c1CNc1nc(C)c(C(=O)[O-])s1. The summed E-state index contributed by atoms with van der Waals surface area (Å²) in [4.78, 5) is 15.4. The highest BCUT2D eigenvalue weighted by Gasteiger charge is 2.11. The molecular formula is C17H15N2O3S-. The average Bonchev–Trinajstić information content (AvgIpc) is 2.93. The number of methoxy groups -OCH3 is 1. The van der Waals surface area contributed by atoms with Crippen LogP contribution in [0.1, 0.15) is 20.9 Å². The van der Waals surface area contributed by atoms with Gasteiger partial charge in [-0.15, -0.1) is 0 Å². The van der Waals surface area contributed by atoms with Gasteiger partial charge < -0.3 is 20.0 Å². The third-order valence-corrected chi connectivity index (χ3v) is 4.71. The summed E-state index contributed by atoms with van der Waals surface area (Å²) in [5.41, 5.74) is 1.47. The zero-order valence-electron chi connectivity index (χ0n) is 12.8. The van der Waals surface area contributed by atoms with E-state index >= 15 is 0 Å². The van der Waals surface area contributed by atoms with E-state index in [2.05, 4.69) is 10.3 Å². The van der Waals surface area contributed by atoms with E-state index in [0.717, 1.165) is 33.4 Å². The Balaban J connectivity index is 1.92. The molecule has 3 rings (SSSR count). The normalized spacial score (nSPS) is 10.7. The summed E-state index contributed by atoms with van der Waals surface area (Å²) in [6.45, 7) is 2.15. The first-order valence-electron chi connectivity index (χ1n) is 7.07. The molecule has 118 valence electrons. The van der Waals surface area contributed by atoms with E-state index < -0.39 is 5.97 Å². The molecule has 0 aliphatic carbocycles. The third-order valence-electron chi connectivity index (χ3n) is 3.62. The van der Waals surface area contributed by atoms with Gasteiger partial charge in [0, 0.05) is 12.1 Å². The Labute approximate surface area is 137 Å². The van der Waals surface area contributed by atoms with Crippen LogP contribution in [0.4, 0.5) is 5.13 Å². The van der Waals surface area contributed by atoms with Gasteiger partial charge in [-0.2, -0.15) is 0 Å². The van der Waals surface area contributed by atoms with Crippen molar-refractivity contribution in [3.8, 4) is 5.75 Å². The summed E-state index contributed by atoms with van der Waals surface area (Å²) in [5.74, 6) is -0.416. The fourth-order valence-corrected chi connectivity index (χ4v) is 3.31. The number of thiazole rings is 1. The van der Waals surface area contributed by atoms with Crippen LogP contribution in [-0.2, 0) is 6.54 Å². The predicted octanol–water partition coefficient (Wildman–Crippen LogP) is 2.59. The van der Waals surface area contributed by atoms with Gasteiger partial charge in [-0.1, -0.05) is 41.7 Å².